The van der Waals surface area contributed by atoms with Crippen molar-refractivity contribution in [1.82, 2.24) is 0 Å². The zero-order valence-corrected chi connectivity index (χ0v) is 29.2. The molecule has 0 nitrogen and oxygen atoms in total. The summed E-state index contributed by atoms with van der Waals surface area (Å²) in [4.78, 5) is 0. The highest BCUT2D eigenvalue weighted by molar-refractivity contribution is 6.04. The first kappa shape index (κ1) is 31.5. The van der Waals surface area contributed by atoms with E-state index >= 15 is 0 Å². The van der Waals surface area contributed by atoms with E-state index in [-0.39, 0.29) is 0 Å². The van der Waals surface area contributed by atoms with Gasteiger partial charge < -0.3 is 0 Å². The van der Waals surface area contributed by atoms with Crippen LogP contribution in [-0.4, -0.2) is 0 Å². The summed E-state index contributed by atoms with van der Waals surface area (Å²) in [5.41, 5.74) is 18.4. The van der Waals surface area contributed by atoms with Crippen LogP contribution in [0.15, 0.2) is 212 Å². The predicted octanol–water partition coefficient (Wildman–Crippen LogP) is 13.0. The maximum absolute atomic E-state index is 2.35. The van der Waals surface area contributed by atoms with Crippen LogP contribution in [0.2, 0.25) is 0 Å². The summed E-state index contributed by atoms with van der Waals surface area (Å²) in [7, 11) is 0. The fraction of sp³-hybridized carbons (Fsp3) is 0.0385. The maximum Gasteiger partial charge on any atom is 0.0713 e. The highest BCUT2D eigenvalue weighted by Gasteiger charge is 2.45. The van der Waals surface area contributed by atoms with Gasteiger partial charge >= 0.3 is 0 Å². The Morgan fingerprint density at radius 3 is 1.06 bits per heavy atom. The van der Waals surface area contributed by atoms with E-state index in [0.29, 0.717) is 0 Å². The topological polar surface area (TPSA) is 0 Å². The lowest BCUT2D eigenvalue weighted by molar-refractivity contribution is 0.768. The number of hydrogen-bond acceptors (Lipinski definition) is 0. The summed E-state index contributed by atoms with van der Waals surface area (Å²) in [5.74, 6) is 0. The molecule has 0 bridgehead atoms. The van der Waals surface area contributed by atoms with E-state index < -0.39 is 5.41 Å². The third-order valence-corrected chi connectivity index (χ3v) is 10.7. The molecule has 0 saturated carbocycles. The van der Waals surface area contributed by atoms with Crippen molar-refractivity contribution in [3.05, 3.63) is 262 Å². The molecular weight excluding hydrogens is 625 g/mol. The maximum atomic E-state index is 2.35. The van der Waals surface area contributed by atoms with Crippen LogP contribution in [0.5, 0.6) is 0 Å². The molecular formula is C52H38. The summed E-state index contributed by atoms with van der Waals surface area (Å²) in [6.07, 6.45) is 0. The van der Waals surface area contributed by atoms with Crippen LogP contribution in [0.3, 0.4) is 0 Å². The van der Waals surface area contributed by atoms with Gasteiger partial charge in [-0.15, -0.1) is 0 Å². The van der Waals surface area contributed by atoms with Crippen LogP contribution >= 0.6 is 0 Å². The zero-order valence-electron chi connectivity index (χ0n) is 29.2. The molecule has 1 aliphatic carbocycles. The molecule has 0 fully saturated rings. The van der Waals surface area contributed by atoms with E-state index in [9.17, 15) is 0 Å². The molecule has 0 aliphatic heterocycles. The molecule has 0 radical (unpaired) electrons. The lowest BCUT2D eigenvalue weighted by atomic mass is 9.67. The van der Waals surface area contributed by atoms with Gasteiger partial charge in [-0.1, -0.05) is 218 Å². The van der Waals surface area contributed by atoms with E-state index in [1.807, 2.05) is 0 Å². The first-order valence-corrected chi connectivity index (χ1v) is 18.1. The van der Waals surface area contributed by atoms with Crippen molar-refractivity contribution in [2.45, 2.75) is 12.3 Å². The average molecular weight is 663 g/mol. The molecule has 8 aromatic rings. The summed E-state index contributed by atoms with van der Waals surface area (Å²) in [6.45, 7) is 2.16. The lowest BCUT2D eigenvalue weighted by Gasteiger charge is -2.34. The molecule has 246 valence electrons. The molecule has 1 aliphatic rings. The summed E-state index contributed by atoms with van der Waals surface area (Å²) in [6, 6.07) is 77.7. The number of benzene rings is 8. The van der Waals surface area contributed by atoms with Crippen molar-refractivity contribution in [2.75, 3.05) is 0 Å². The molecule has 0 heterocycles. The van der Waals surface area contributed by atoms with E-state index in [4.69, 9.17) is 0 Å². The molecule has 8 aromatic carbocycles. The van der Waals surface area contributed by atoms with Crippen molar-refractivity contribution in [3.63, 3.8) is 0 Å². The van der Waals surface area contributed by atoms with Crippen LogP contribution in [0.4, 0.5) is 0 Å². The normalized spacial score (nSPS) is 12.5. The fourth-order valence-electron chi connectivity index (χ4n) is 8.29. The van der Waals surface area contributed by atoms with Gasteiger partial charge in [-0.3, -0.25) is 0 Å². The molecule has 0 N–H and O–H groups in total. The molecule has 0 amide bonds. The second-order valence-electron chi connectivity index (χ2n) is 13.7. The highest BCUT2D eigenvalue weighted by Crippen LogP contribution is 2.56. The first-order valence-electron chi connectivity index (χ1n) is 18.1. The van der Waals surface area contributed by atoms with Crippen LogP contribution in [0.1, 0.15) is 50.1 Å². The van der Waals surface area contributed by atoms with Gasteiger partial charge in [0.05, 0.1) is 5.41 Å². The Labute approximate surface area is 307 Å². The third kappa shape index (κ3) is 5.32. The van der Waals surface area contributed by atoms with E-state index in [1.54, 1.807) is 0 Å². The van der Waals surface area contributed by atoms with E-state index in [1.165, 1.54) is 83.5 Å². The molecule has 0 unspecified atom stereocenters. The van der Waals surface area contributed by atoms with Crippen LogP contribution < -0.4 is 0 Å². The van der Waals surface area contributed by atoms with Crippen molar-refractivity contribution in [3.8, 4) is 22.3 Å². The highest BCUT2D eigenvalue weighted by atomic mass is 14.5. The Morgan fingerprint density at radius 1 is 0.308 bits per heavy atom. The Morgan fingerprint density at radius 2 is 0.635 bits per heavy atom. The minimum atomic E-state index is -0.399. The molecule has 0 spiro atoms. The summed E-state index contributed by atoms with van der Waals surface area (Å²) >= 11 is 0. The second-order valence-corrected chi connectivity index (χ2v) is 13.7. The second kappa shape index (κ2) is 13.3. The van der Waals surface area contributed by atoms with Gasteiger partial charge in [0, 0.05) is 0 Å². The largest absolute Gasteiger partial charge is 0.0713 e. The van der Waals surface area contributed by atoms with Crippen LogP contribution in [-0.2, 0) is 5.41 Å². The fourth-order valence-corrected chi connectivity index (χ4v) is 8.29. The number of hydrogen-bond donors (Lipinski definition) is 0. The monoisotopic (exact) mass is 662 g/mol. The summed E-state index contributed by atoms with van der Waals surface area (Å²) in [5, 5.41) is 0. The van der Waals surface area contributed by atoms with Gasteiger partial charge in [-0.05, 0) is 84.8 Å². The van der Waals surface area contributed by atoms with Gasteiger partial charge in [0.15, 0.2) is 0 Å². The Hall–Kier alpha value is -6.50. The summed E-state index contributed by atoms with van der Waals surface area (Å²) < 4.78 is 0. The van der Waals surface area contributed by atoms with Gasteiger partial charge in [-0.2, -0.15) is 0 Å². The van der Waals surface area contributed by atoms with Gasteiger partial charge in [0.25, 0.3) is 0 Å². The smallest absolute Gasteiger partial charge is 0.0622 e. The molecule has 0 aromatic heterocycles. The molecule has 0 heteroatoms. The van der Waals surface area contributed by atoms with Crippen molar-refractivity contribution in [1.29, 1.82) is 0 Å². The number of fused-ring (bicyclic) bond motifs is 3. The molecule has 0 saturated heterocycles. The van der Waals surface area contributed by atoms with Crippen LogP contribution in [0, 0.1) is 6.92 Å². The predicted molar refractivity (Wildman–Crippen MR) is 218 cm³/mol. The first-order chi connectivity index (χ1) is 25.7. The number of rotatable bonds is 7. The SMILES string of the molecule is Cc1ccc(C2(c3ccc(-c4ccc(C(=C(c5ccccc5)c5ccccc5)c5ccccc5)cc4)cc3)c3ccccc3-c3ccccc32)cc1. The van der Waals surface area contributed by atoms with Gasteiger partial charge in [-0.25, -0.2) is 0 Å². The average Bonchev–Trinajstić information content (AvgIpc) is 3.52. The van der Waals surface area contributed by atoms with Gasteiger partial charge in [0.2, 0.25) is 0 Å². The van der Waals surface area contributed by atoms with Crippen molar-refractivity contribution in [2.24, 2.45) is 0 Å². The number of aryl methyl sites for hydroxylation is 1. The van der Waals surface area contributed by atoms with E-state index in [0.717, 1.165) is 0 Å². The third-order valence-electron chi connectivity index (χ3n) is 10.7. The molecule has 9 rings (SSSR count). The van der Waals surface area contributed by atoms with Crippen molar-refractivity contribution < 1.29 is 0 Å². The van der Waals surface area contributed by atoms with Gasteiger partial charge in [0.1, 0.15) is 0 Å². The van der Waals surface area contributed by atoms with Crippen molar-refractivity contribution >= 4 is 11.1 Å². The Kier molecular flexibility index (Phi) is 8.07. The lowest BCUT2D eigenvalue weighted by Crippen LogP contribution is -2.28. The standard InChI is InChI=1S/C52H38/c1-37-25-33-44(34-26-37)52(48-23-13-11-21-46(48)47-22-12-14-24-49(47)52)45-35-31-39(32-36-45)38-27-29-43(30-28-38)51(42-19-9-4-10-20-42)50(40-15-5-2-6-16-40)41-17-7-3-8-18-41/h2-36H,1H3. The van der Waals surface area contributed by atoms with Crippen LogP contribution in [0.25, 0.3) is 33.4 Å². The molecule has 0 atom stereocenters. The quantitative estimate of drug-likeness (QED) is 0.149. The Bertz CT molecular complexity index is 2420. The Balaban J connectivity index is 1.16. The minimum Gasteiger partial charge on any atom is -0.0622 e. The molecule has 52 heavy (non-hydrogen) atoms. The van der Waals surface area contributed by atoms with E-state index in [2.05, 4.69) is 219 Å². The minimum absolute atomic E-state index is 0.399. The zero-order chi connectivity index (χ0) is 34.9.